The molecular weight excluding hydrogens is 247 g/mol. The van der Waals surface area contributed by atoms with Crippen molar-refractivity contribution in [3.63, 3.8) is 0 Å². The summed E-state index contributed by atoms with van der Waals surface area (Å²) in [6.07, 6.45) is 0. The van der Waals surface area contributed by atoms with Crippen molar-refractivity contribution in [1.29, 1.82) is 0 Å². The molecule has 0 saturated heterocycles. The molecule has 1 radical (unpaired) electrons. The van der Waals surface area contributed by atoms with Crippen LogP contribution in [-0.4, -0.2) is 25.5 Å². The van der Waals surface area contributed by atoms with Crippen LogP contribution < -0.4 is 0 Å². The van der Waals surface area contributed by atoms with Gasteiger partial charge in [0.2, 0.25) is 0 Å². The molecule has 0 aliphatic heterocycles. The molecule has 0 fully saturated rings. The molecule has 1 aromatic carbocycles. The quantitative estimate of drug-likeness (QED) is 0.708. The van der Waals surface area contributed by atoms with Crippen LogP contribution in [-0.2, 0) is 32.7 Å². The topological polar surface area (TPSA) is 3.24 Å². The van der Waals surface area contributed by atoms with Gasteiger partial charge in [-0.2, -0.15) is 0 Å². The molecule has 0 unspecified atom stereocenters. The monoisotopic (exact) mass is 271 g/mol. The van der Waals surface area contributed by atoms with Crippen LogP contribution in [0.2, 0.25) is 0 Å². The zero-order valence-electron chi connectivity index (χ0n) is 9.20. The van der Waals surface area contributed by atoms with E-state index in [1.54, 1.807) is 0 Å². The van der Waals surface area contributed by atoms with Crippen LogP contribution in [0.25, 0.3) is 0 Å². The van der Waals surface area contributed by atoms with Crippen LogP contribution >= 0.6 is 0 Å². The van der Waals surface area contributed by atoms with E-state index in [-0.39, 0.29) is 47.6 Å². The Morgan fingerprint density at radius 1 is 0.857 bits per heavy atom. The van der Waals surface area contributed by atoms with E-state index in [2.05, 4.69) is 25.9 Å². The van der Waals surface area contributed by atoms with Gasteiger partial charge in [-0.3, -0.25) is 0 Å². The maximum Gasteiger partial charge on any atom is 0 e. The Morgan fingerprint density at radius 2 is 1.00 bits per heavy atom. The molecule has 1 rings (SSSR count). The van der Waals surface area contributed by atoms with Gasteiger partial charge in [0.05, 0.1) is 0 Å². The van der Waals surface area contributed by atoms with Gasteiger partial charge in [0.1, 0.15) is 0 Å². The van der Waals surface area contributed by atoms with Gasteiger partial charge >= 0.3 is 0 Å². The minimum absolute atomic E-state index is 0. The predicted octanol–water partition coefficient (Wildman–Crippen LogP) is 3.34. The standard InChI is InChI=1S/C6H6.C4H11N.CH4.CH3.Y/c1-2-4-6-5-3-1;1-4-5(2)3;;;/h1-6H;4H2,1-3H3;1H4;1H3;/q;;;-1;. The van der Waals surface area contributed by atoms with Crippen molar-refractivity contribution < 1.29 is 32.7 Å². The maximum absolute atomic E-state index is 2.12. The zero-order chi connectivity index (χ0) is 8.53. The van der Waals surface area contributed by atoms with E-state index < -0.39 is 0 Å². The first-order valence-corrected chi connectivity index (χ1v) is 3.92. The van der Waals surface area contributed by atoms with Crippen LogP contribution in [0.3, 0.4) is 0 Å². The van der Waals surface area contributed by atoms with Crippen molar-refractivity contribution in [2.24, 2.45) is 0 Å². The Bertz CT molecular complexity index is 125. The van der Waals surface area contributed by atoms with Gasteiger partial charge in [0.25, 0.3) is 0 Å². The molecule has 2 heteroatoms. The molecule has 0 N–H and O–H groups in total. The van der Waals surface area contributed by atoms with Gasteiger partial charge < -0.3 is 12.3 Å². The van der Waals surface area contributed by atoms with Gasteiger partial charge in [0, 0.05) is 32.7 Å². The van der Waals surface area contributed by atoms with Crippen molar-refractivity contribution in [3.8, 4) is 0 Å². The fourth-order valence-corrected chi connectivity index (χ4v) is 0.385. The molecule has 1 nitrogen and oxygen atoms in total. The molecule has 0 amide bonds. The smallest absolute Gasteiger partial charge is 0 e. The molecule has 81 valence electrons. The Balaban J connectivity index is -0.0000000597. The summed E-state index contributed by atoms with van der Waals surface area (Å²) in [6, 6.07) is 12.0. The first-order valence-electron chi connectivity index (χ1n) is 3.92. The molecule has 0 aliphatic rings. The summed E-state index contributed by atoms with van der Waals surface area (Å²) in [7, 11) is 4.11. The number of hydrogen-bond donors (Lipinski definition) is 0. The summed E-state index contributed by atoms with van der Waals surface area (Å²) in [5, 5.41) is 0. The summed E-state index contributed by atoms with van der Waals surface area (Å²) >= 11 is 0. The van der Waals surface area contributed by atoms with E-state index in [0.29, 0.717) is 0 Å². The molecule has 0 spiro atoms. The summed E-state index contributed by atoms with van der Waals surface area (Å²) in [5.74, 6) is 0. The Morgan fingerprint density at radius 3 is 1.07 bits per heavy atom. The van der Waals surface area contributed by atoms with Crippen LogP contribution in [0.15, 0.2) is 36.4 Å². The van der Waals surface area contributed by atoms with Gasteiger partial charge in [-0.15, -0.1) is 0 Å². The Labute approximate surface area is 116 Å². The molecular formula is C12H24NY-. The van der Waals surface area contributed by atoms with E-state index in [1.165, 1.54) is 0 Å². The second-order valence-corrected chi connectivity index (χ2v) is 2.55. The van der Waals surface area contributed by atoms with E-state index in [0.717, 1.165) is 6.54 Å². The summed E-state index contributed by atoms with van der Waals surface area (Å²) in [6.45, 7) is 3.26. The van der Waals surface area contributed by atoms with Gasteiger partial charge in [-0.1, -0.05) is 50.7 Å². The molecule has 0 aromatic heterocycles. The Hall–Kier alpha value is 0.284. The molecule has 0 heterocycles. The Kier molecular flexibility index (Phi) is 32.3. The number of hydrogen-bond acceptors (Lipinski definition) is 1. The third kappa shape index (κ3) is 22.8. The summed E-state index contributed by atoms with van der Waals surface area (Å²) < 4.78 is 0. The van der Waals surface area contributed by atoms with E-state index in [4.69, 9.17) is 0 Å². The molecule has 14 heavy (non-hydrogen) atoms. The minimum atomic E-state index is 0. The fourth-order valence-electron chi connectivity index (χ4n) is 0.385. The average molecular weight is 271 g/mol. The molecule has 0 atom stereocenters. The van der Waals surface area contributed by atoms with Crippen LogP contribution in [0.4, 0.5) is 0 Å². The third-order valence-corrected chi connectivity index (χ3v) is 1.30. The molecule has 0 bridgehead atoms. The van der Waals surface area contributed by atoms with Gasteiger partial charge in [-0.25, -0.2) is 0 Å². The van der Waals surface area contributed by atoms with E-state index in [9.17, 15) is 0 Å². The van der Waals surface area contributed by atoms with E-state index in [1.807, 2.05) is 36.4 Å². The normalized spacial score (nSPS) is 6.86. The average Bonchev–Trinajstić information content (AvgIpc) is 2.09. The first kappa shape index (κ1) is 23.8. The van der Waals surface area contributed by atoms with Crippen LogP contribution in [0.5, 0.6) is 0 Å². The zero-order valence-corrected chi connectivity index (χ0v) is 12.0. The second-order valence-electron chi connectivity index (χ2n) is 2.55. The largest absolute Gasteiger partial charge is 0.358 e. The van der Waals surface area contributed by atoms with Crippen molar-refractivity contribution in [2.45, 2.75) is 14.4 Å². The first-order chi connectivity index (χ1) is 5.27. The van der Waals surface area contributed by atoms with Crippen molar-refractivity contribution in [2.75, 3.05) is 20.6 Å². The molecule has 1 aromatic rings. The minimum Gasteiger partial charge on any atom is -0.358 e. The van der Waals surface area contributed by atoms with Gasteiger partial charge in [0.15, 0.2) is 0 Å². The second kappa shape index (κ2) is 19.0. The summed E-state index contributed by atoms with van der Waals surface area (Å²) in [4.78, 5) is 2.12. The SMILES string of the molecule is C.CCN(C)C.[CH3-].[Y].c1ccccc1. The number of rotatable bonds is 1. The predicted molar refractivity (Wildman–Crippen MR) is 63.8 cm³/mol. The number of benzene rings is 1. The van der Waals surface area contributed by atoms with Crippen LogP contribution in [0, 0.1) is 7.43 Å². The van der Waals surface area contributed by atoms with E-state index >= 15 is 0 Å². The van der Waals surface area contributed by atoms with Crippen molar-refractivity contribution in [1.82, 2.24) is 4.90 Å². The van der Waals surface area contributed by atoms with Crippen LogP contribution in [0.1, 0.15) is 14.4 Å². The van der Waals surface area contributed by atoms with Crippen molar-refractivity contribution >= 4 is 0 Å². The summed E-state index contributed by atoms with van der Waals surface area (Å²) in [5.41, 5.74) is 0. The maximum atomic E-state index is 2.12. The third-order valence-electron chi connectivity index (χ3n) is 1.30. The van der Waals surface area contributed by atoms with Gasteiger partial charge in [-0.05, 0) is 20.6 Å². The molecule has 0 saturated carbocycles. The fraction of sp³-hybridized carbons (Fsp3) is 0.417. The molecule has 0 aliphatic carbocycles. The number of nitrogens with zero attached hydrogens (tertiary/aromatic N) is 1. The van der Waals surface area contributed by atoms with Crippen molar-refractivity contribution in [3.05, 3.63) is 43.8 Å².